The Balaban J connectivity index is 2.20. The summed E-state index contributed by atoms with van der Waals surface area (Å²) >= 11 is 0. The van der Waals surface area contributed by atoms with Gasteiger partial charge in [0.25, 0.3) is 0 Å². The lowest BCUT2D eigenvalue weighted by atomic mass is 9.51. The van der Waals surface area contributed by atoms with Crippen LogP contribution in [0.2, 0.25) is 0 Å². The van der Waals surface area contributed by atoms with E-state index in [1.165, 1.54) is 5.57 Å². The summed E-state index contributed by atoms with van der Waals surface area (Å²) in [5.41, 5.74) is -1.14. The van der Waals surface area contributed by atoms with Crippen molar-refractivity contribution in [2.75, 3.05) is 6.61 Å². The lowest BCUT2D eigenvalue weighted by molar-refractivity contribution is -0.162. The summed E-state index contributed by atoms with van der Waals surface area (Å²) in [6.45, 7) is 5.98. The van der Waals surface area contributed by atoms with Crippen molar-refractivity contribution in [3.05, 3.63) is 11.6 Å². The van der Waals surface area contributed by atoms with E-state index in [-0.39, 0.29) is 17.8 Å². The molecule has 0 radical (unpaired) electrons. The van der Waals surface area contributed by atoms with Gasteiger partial charge in [0, 0.05) is 17.3 Å². The van der Waals surface area contributed by atoms with Crippen molar-refractivity contribution in [3.63, 3.8) is 0 Å². The number of hydrogen-bond donors (Lipinski definition) is 2. The number of aliphatic hydroxyl groups excluding tert-OH is 1. The van der Waals surface area contributed by atoms with Crippen LogP contribution in [-0.4, -0.2) is 28.2 Å². The van der Waals surface area contributed by atoms with Gasteiger partial charge in [-0.15, -0.1) is 0 Å². The molecule has 100 valence electrons. The van der Waals surface area contributed by atoms with E-state index in [2.05, 4.69) is 19.9 Å². The van der Waals surface area contributed by atoms with Crippen molar-refractivity contribution in [2.24, 2.45) is 22.7 Å². The van der Waals surface area contributed by atoms with Crippen molar-refractivity contribution in [1.82, 2.24) is 0 Å². The molecule has 0 amide bonds. The highest BCUT2D eigenvalue weighted by atomic mass is 16.3. The first-order chi connectivity index (χ1) is 8.30. The molecular formula is C15H22O3. The SMILES string of the molecule is C[C@H]1CC=C2[C@H]1C[C@@]1(O)C(=O)C[C@]2(C)[C@]1(C)CO. The zero-order chi connectivity index (χ0) is 13.3. The number of rotatable bonds is 1. The van der Waals surface area contributed by atoms with E-state index in [4.69, 9.17) is 0 Å². The average Bonchev–Trinajstić information content (AvgIpc) is 2.71. The maximum Gasteiger partial charge on any atom is 0.165 e. The smallest absolute Gasteiger partial charge is 0.165 e. The molecule has 2 bridgehead atoms. The van der Waals surface area contributed by atoms with Gasteiger partial charge in [0.1, 0.15) is 5.60 Å². The van der Waals surface area contributed by atoms with Crippen LogP contribution in [0, 0.1) is 22.7 Å². The molecule has 3 rings (SSSR count). The Morgan fingerprint density at radius 2 is 2.11 bits per heavy atom. The van der Waals surface area contributed by atoms with E-state index in [0.717, 1.165) is 6.42 Å². The van der Waals surface area contributed by atoms with Gasteiger partial charge in [-0.25, -0.2) is 0 Å². The number of carbonyl (C=O) groups excluding carboxylic acids is 1. The molecule has 3 nitrogen and oxygen atoms in total. The molecule has 2 saturated carbocycles. The fourth-order valence-corrected chi connectivity index (χ4v) is 4.69. The second-order valence-corrected chi connectivity index (χ2v) is 6.97. The first-order valence-corrected chi connectivity index (χ1v) is 6.87. The lowest BCUT2D eigenvalue weighted by Gasteiger charge is -2.54. The van der Waals surface area contributed by atoms with Gasteiger partial charge in [-0.1, -0.05) is 32.4 Å². The molecule has 2 N–H and O–H groups in total. The van der Waals surface area contributed by atoms with Crippen molar-refractivity contribution < 1.29 is 15.0 Å². The van der Waals surface area contributed by atoms with Crippen LogP contribution in [0.15, 0.2) is 11.6 Å². The third kappa shape index (κ3) is 1.03. The van der Waals surface area contributed by atoms with Crippen LogP contribution in [0.1, 0.15) is 40.0 Å². The zero-order valence-electron chi connectivity index (χ0n) is 11.4. The van der Waals surface area contributed by atoms with Crippen LogP contribution in [0.25, 0.3) is 0 Å². The number of allylic oxidation sites excluding steroid dienone is 2. The predicted molar refractivity (Wildman–Crippen MR) is 67.8 cm³/mol. The summed E-state index contributed by atoms with van der Waals surface area (Å²) < 4.78 is 0. The van der Waals surface area contributed by atoms with Crippen molar-refractivity contribution in [1.29, 1.82) is 0 Å². The van der Waals surface area contributed by atoms with Crippen LogP contribution in [-0.2, 0) is 4.79 Å². The Hall–Kier alpha value is -0.670. The van der Waals surface area contributed by atoms with E-state index < -0.39 is 11.0 Å². The molecule has 0 aromatic heterocycles. The second-order valence-electron chi connectivity index (χ2n) is 6.97. The van der Waals surface area contributed by atoms with E-state index in [1.807, 2.05) is 6.92 Å². The average molecular weight is 250 g/mol. The highest BCUT2D eigenvalue weighted by Crippen LogP contribution is 2.69. The summed E-state index contributed by atoms with van der Waals surface area (Å²) in [7, 11) is 0. The topological polar surface area (TPSA) is 57.5 Å². The first kappa shape index (κ1) is 12.4. The van der Waals surface area contributed by atoms with Gasteiger partial charge in [-0.3, -0.25) is 4.79 Å². The summed E-state index contributed by atoms with van der Waals surface area (Å²) in [4.78, 5) is 12.3. The van der Waals surface area contributed by atoms with E-state index in [0.29, 0.717) is 24.7 Å². The summed E-state index contributed by atoms with van der Waals surface area (Å²) in [5.74, 6) is 0.732. The molecule has 0 unspecified atom stereocenters. The molecular weight excluding hydrogens is 228 g/mol. The van der Waals surface area contributed by atoms with Gasteiger partial charge in [0.15, 0.2) is 5.78 Å². The molecule has 2 fully saturated rings. The molecule has 5 atom stereocenters. The number of aliphatic hydroxyl groups is 2. The molecule has 0 aliphatic heterocycles. The third-order valence-corrected chi connectivity index (χ3v) is 6.37. The van der Waals surface area contributed by atoms with Crippen LogP contribution in [0.5, 0.6) is 0 Å². The van der Waals surface area contributed by atoms with Gasteiger partial charge in [0.05, 0.1) is 6.61 Å². The number of hydrogen-bond acceptors (Lipinski definition) is 3. The highest BCUT2D eigenvalue weighted by Gasteiger charge is 2.72. The Kier molecular flexibility index (Phi) is 2.24. The molecule has 18 heavy (non-hydrogen) atoms. The fourth-order valence-electron chi connectivity index (χ4n) is 4.69. The zero-order valence-corrected chi connectivity index (χ0v) is 11.4. The number of Topliss-reactive ketones (excluding diaryl/α,β-unsaturated/α-hetero) is 1. The quantitative estimate of drug-likeness (QED) is 0.696. The second kappa shape index (κ2) is 3.26. The molecule has 3 aliphatic carbocycles. The lowest BCUT2D eigenvalue weighted by Crippen LogP contribution is -2.59. The minimum absolute atomic E-state index is 0.0796. The number of fused-ring (bicyclic) bond motifs is 4. The number of carbonyl (C=O) groups is 1. The predicted octanol–water partition coefficient (Wildman–Crippen LogP) is 1.68. The molecule has 0 heterocycles. The molecule has 0 spiro atoms. The van der Waals surface area contributed by atoms with Crippen molar-refractivity contribution in [3.8, 4) is 0 Å². The molecule has 0 aromatic carbocycles. The maximum atomic E-state index is 12.3. The molecule has 0 saturated heterocycles. The van der Waals surface area contributed by atoms with E-state index in [1.54, 1.807) is 0 Å². The van der Waals surface area contributed by atoms with Crippen LogP contribution in [0.4, 0.5) is 0 Å². The van der Waals surface area contributed by atoms with E-state index >= 15 is 0 Å². The standard InChI is InChI=1S/C15H22O3/c1-9-4-5-11-10(9)6-15(18)12(17)7-13(11,2)14(15,3)8-16/h5,9-10,16,18H,4,6-8H2,1-3H3/t9-,10-,13-,14-,15+/m0/s1. The van der Waals surface area contributed by atoms with Crippen molar-refractivity contribution in [2.45, 2.75) is 45.6 Å². The van der Waals surface area contributed by atoms with Gasteiger partial charge in [0.2, 0.25) is 0 Å². The van der Waals surface area contributed by atoms with Crippen LogP contribution >= 0.6 is 0 Å². The summed E-state index contributed by atoms with van der Waals surface area (Å²) in [6, 6.07) is 0. The molecule has 3 heteroatoms. The monoisotopic (exact) mass is 250 g/mol. The largest absolute Gasteiger partial charge is 0.396 e. The Labute approximate surface area is 108 Å². The Morgan fingerprint density at radius 3 is 2.72 bits per heavy atom. The Morgan fingerprint density at radius 1 is 1.44 bits per heavy atom. The van der Waals surface area contributed by atoms with Gasteiger partial charge in [-0.2, -0.15) is 0 Å². The maximum absolute atomic E-state index is 12.3. The normalized spacial score (nSPS) is 54.5. The molecule has 0 aromatic rings. The highest BCUT2D eigenvalue weighted by molar-refractivity contribution is 5.93. The first-order valence-electron chi connectivity index (χ1n) is 6.87. The van der Waals surface area contributed by atoms with Gasteiger partial charge in [-0.05, 0) is 24.7 Å². The minimum atomic E-state index is -1.34. The van der Waals surface area contributed by atoms with Gasteiger partial charge < -0.3 is 10.2 Å². The summed E-state index contributed by atoms with van der Waals surface area (Å²) in [6.07, 6.45) is 4.14. The third-order valence-electron chi connectivity index (χ3n) is 6.37. The fraction of sp³-hybridized carbons (Fsp3) is 0.800. The Bertz CT molecular complexity index is 455. The summed E-state index contributed by atoms with van der Waals surface area (Å²) in [5, 5.41) is 20.7. The molecule has 3 aliphatic rings. The van der Waals surface area contributed by atoms with E-state index in [9.17, 15) is 15.0 Å². The van der Waals surface area contributed by atoms with Crippen LogP contribution in [0.3, 0.4) is 0 Å². The van der Waals surface area contributed by atoms with Crippen LogP contribution < -0.4 is 0 Å². The minimum Gasteiger partial charge on any atom is -0.396 e. The number of ketones is 1. The van der Waals surface area contributed by atoms with Crippen molar-refractivity contribution >= 4 is 5.78 Å². The van der Waals surface area contributed by atoms with Gasteiger partial charge >= 0.3 is 0 Å².